The molecule has 0 unspecified atom stereocenters. The number of carbonyl (C=O) groups excluding carboxylic acids is 1. The van der Waals surface area contributed by atoms with E-state index in [1.165, 1.54) is 0 Å². The Hall–Kier alpha value is -1.62. The van der Waals surface area contributed by atoms with Crippen molar-refractivity contribution in [3.05, 3.63) is 29.3 Å². The monoisotopic (exact) mass is 266 g/mol. The van der Waals surface area contributed by atoms with Crippen LogP contribution in [0, 0.1) is 6.92 Å². The SMILES string of the molecule is CCN(CC(N)=S)C(=O)c1cc(C)ccc1OC. The summed E-state index contributed by atoms with van der Waals surface area (Å²) in [5.74, 6) is 0.442. The number of benzene rings is 1. The van der Waals surface area contributed by atoms with Gasteiger partial charge in [-0.1, -0.05) is 23.8 Å². The molecule has 0 aliphatic rings. The maximum absolute atomic E-state index is 12.4. The number of methoxy groups -OCH3 is 1. The Balaban J connectivity index is 3.07. The first kappa shape index (κ1) is 14.4. The Kier molecular flexibility index (Phi) is 5.09. The molecule has 0 radical (unpaired) electrons. The minimum Gasteiger partial charge on any atom is -0.496 e. The zero-order valence-corrected chi connectivity index (χ0v) is 11.7. The highest BCUT2D eigenvalue weighted by Crippen LogP contribution is 2.21. The van der Waals surface area contributed by atoms with Crippen LogP contribution in [0.15, 0.2) is 18.2 Å². The Morgan fingerprint density at radius 2 is 2.17 bits per heavy atom. The highest BCUT2D eigenvalue weighted by atomic mass is 32.1. The van der Waals surface area contributed by atoms with E-state index in [-0.39, 0.29) is 12.5 Å². The fourth-order valence-corrected chi connectivity index (χ4v) is 1.83. The topological polar surface area (TPSA) is 55.6 Å². The van der Waals surface area contributed by atoms with Crippen LogP contribution in [0.3, 0.4) is 0 Å². The van der Waals surface area contributed by atoms with Gasteiger partial charge in [-0.3, -0.25) is 4.79 Å². The van der Waals surface area contributed by atoms with Crippen LogP contribution in [0.2, 0.25) is 0 Å². The van der Waals surface area contributed by atoms with Gasteiger partial charge < -0.3 is 15.4 Å². The third kappa shape index (κ3) is 3.43. The number of likely N-dealkylation sites (N-methyl/N-ethyl adjacent to an activating group) is 1. The fraction of sp³-hybridized carbons (Fsp3) is 0.385. The lowest BCUT2D eigenvalue weighted by atomic mass is 10.1. The minimum atomic E-state index is -0.120. The van der Waals surface area contributed by atoms with Gasteiger partial charge in [0.15, 0.2) is 0 Å². The summed E-state index contributed by atoms with van der Waals surface area (Å²) < 4.78 is 5.21. The number of nitrogens with zero attached hydrogens (tertiary/aromatic N) is 1. The Morgan fingerprint density at radius 1 is 1.50 bits per heavy atom. The summed E-state index contributed by atoms with van der Waals surface area (Å²) >= 11 is 4.85. The summed E-state index contributed by atoms with van der Waals surface area (Å²) in [5, 5.41) is 0. The van der Waals surface area contributed by atoms with Crippen molar-refractivity contribution in [3.63, 3.8) is 0 Å². The molecule has 1 aromatic rings. The second kappa shape index (κ2) is 6.35. The molecule has 2 N–H and O–H groups in total. The molecule has 0 heterocycles. The average molecular weight is 266 g/mol. The van der Waals surface area contributed by atoms with Crippen molar-refractivity contribution < 1.29 is 9.53 Å². The van der Waals surface area contributed by atoms with E-state index < -0.39 is 0 Å². The first-order valence-electron chi connectivity index (χ1n) is 5.71. The van der Waals surface area contributed by atoms with Gasteiger partial charge in [-0.15, -0.1) is 0 Å². The number of ether oxygens (including phenoxy) is 1. The number of thiocarbonyl (C=S) groups is 1. The number of nitrogens with two attached hydrogens (primary N) is 1. The molecule has 5 heteroatoms. The minimum absolute atomic E-state index is 0.120. The number of carbonyl (C=O) groups is 1. The smallest absolute Gasteiger partial charge is 0.257 e. The normalized spacial score (nSPS) is 9.94. The van der Waals surface area contributed by atoms with Gasteiger partial charge >= 0.3 is 0 Å². The molecule has 0 saturated heterocycles. The van der Waals surface area contributed by atoms with Crippen molar-refractivity contribution >= 4 is 23.1 Å². The summed E-state index contributed by atoms with van der Waals surface area (Å²) in [7, 11) is 1.55. The van der Waals surface area contributed by atoms with E-state index in [0.717, 1.165) is 5.56 Å². The highest BCUT2D eigenvalue weighted by molar-refractivity contribution is 7.80. The van der Waals surface area contributed by atoms with Gasteiger partial charge in [-0.05, 0) is 26.0 Å². The quantitative estimate of drug-likeness (QED) is 0.825. The van der Waals surface area contributed by atoms with Crippen LogP contribution < -0.4 is 10.5 Å². The van der Waals surface area contributed by atoms with Crippen molar-refractivity contribution in [3.8, 4) is 5.75 Å². The molecule has 0 aliphatic heterocycles. The van der Waals surface area contributed by atoms with E-state index in [2.05, 4.69) is 0 Å². The molecule has 1 amide bonds. The van der Waals surface area contributed by atoms with Crippen molar-refractivity contribution in [1.29, 1.82) is 0 Å². The van der Waals surface area contributed by atoms with Gasteiger partial charge in [0.05, 0.1) is 24.2 Å². The zero-order chi connectivity index (χ0) is 13.7. The summed E-state index contributed by atoms with van der Waals surface area (Å²) in [6, 6.07) is 5.50. The predicted molar refractivity (Wildman–Crippen MR) is 76.1 cm³/mol. The van der Waals surface area contributed by atoms with Crippen molar-refractivity contribution in [2.45, 2.75) is 13.8 Å². The van der Waals surface area contributed by atoms with Crippen LogP contribution in [-0.2, 0) is 0 Å². The van der Waals surface area contributed by atoms with E-state index in [1.807, 2.05) is 26.0 Å². The van der Waals surface area contributed by atoms with E-state index in [0.29, 0.717) is 22.8 Å². The van der Waals surface area contributed by atoms with Crippen LogP contribution in [0.25, 0.3) is 0 Å². The molecule has 0 aliphatic carbocycles. The van der Waals surface area contributed by atoms with Crippen LogP contribution >= 0.6 is 12.2 Å². The van der Waals surface area contributed by atoms with Gasteiger partial charge in [0.1, 0.15) is 5.75 Å². The predicted octanol–water partition coefficient (Wildman–Crippen LogP) is 1.75. The van der Waals surface area contributed by atoms with E-state index >= 15 is 0 Å². The Morgan fingerprint density at radius 3 is 2.67 bits per heavy atom. The molecule has 1 rings (SSSR count). The van der Waals surface area contributed by atoms with Gasteiger partial charge in [0.25, 0.3) is 5.91 Å². The third-order valence-electron chi connectivity index (χ3n) is 2.60. The standard InChI is InChI=1S/C13H18N2O2S/c1-4-15(8-12(14)18)13(16)10-7-9(2)5-6-11(10)17-3/h5-7H,4,8H2,1-3H3,(H2,14,18). The molecule has 18 heavy (non-hydrogen) atoms. The molecule has 0 aromatic heterocycles. The van der Waals surface area contributed by atoms with E-state index in [1.54, 1.807) is 18.1 Å². The zero-order valence-electron chi connectivity index (χ0n) is 10.9. The maximum Gasteiger partial charge on any atom is 0.257 e. The summed E-state index contributed by atoms with van der Waals surface area (Å²) in [4.78, 5) is 14.3. The molecule has 0 spiro atoms. The fourth-order valence-electron chi connectivity index (χ4n) is 1.67. The maximum atomic E-state index is 12.4. The average Bonchev–Trinajstić information content (AvgIpc) is 2.34. The second-order valence-corrected chi connectivity index (χ2v) is 4.51. The van der Waals surface area contributed by atoms with Crippen molar-refractivity contribution in [1.82, 2.24) is 4.90 Å². The third-order valence-corrected chi connectivity index (χ3v) is 2.73. The number of aryl methyl sites for hydroxylation is 1. The lowest BCUT2D eigenvalue weighted by Gasteiger charge is -2.21. The lowest BCUT2D eigenvalue weighted by molar-refractivity contribution is 0.0784. The number of hydrogen-bond acceptors (Lipinski definition) is 3. The summed E-state index contributed by atoms with van der Waals surface area (Å²) in [5.41, 5.74) is 7.03. The van der Waals surface area contributed by atoms with Crippen LogP contribution in [-0.4, -0.2) is 36.0 Å². The van der Waals surface area contributed by atoms with Crippen LogP contribution in [0.5, 0.6) is 5.75 Å². The van der Waals surface area contributed by atoms with Gasteiger partial charge in [-0.25, -0.2) is 0 Å². The summed E-state index contributed by atoms with van der Waals surface area (Å²) in [6.45, 7) is 4.65. The van der Waals surface area contributed by atoms with E-state index in [9.17, 15) is 4.79 Å². The van der Waals surface area contributed by atoms with Gasteiger partial charge in [0, 0.05) is 6.54 Å². The molecule has 1 aromatic carbocycles. The lowest BCUT2D eigenvalue weighted by Crippen LogP contribution is -2.37. The molecule has 4 nitrogen and oxygen atoms in total. The molecule has 0 bridgehead atoms. The van der Waals surface area contributed by atoms with Gasteiger partial charge in [0.2, 0.25) is 0 Å². The molecular weight excluding hydrogens is 248 g/mol. The number of rotatable bonds is 5. The first-order chi connectivity index (χ1) is 8.49. The number of amides is 1. The Labute approximate surface area is 113 Å². The van der Waals surface area contributed by atoms with E-state index in [4.69, 9.17) is 22.7 Å². The number of hydrogen-bond donors (Lipinski definition) is 1. The summed E-state index contributed by atoms with van der Waals surface area (Å²) in [6.07, 6.45) is 0. The molecule has 0 fully saturated rings. The molecular formula is C13H18N2O2S. The van der Waals surface area contributed by atoms with Crippen LogP contribution in [0.1, 0.15) is 22.8 Å². The van der Waals surface area contributed by atoms with Crippen molar-refractivity contribution in [2.75, 3.05) is 20.2 Å². The largest absolute Gasteiger partial charge is 0.496 e. The highest BCUT2D eigenvalue weighted by Gasteiger charge is 2.18. The second-order valence-electron chi connectivity index (χ2n) is 3.99. The van der Waals surface area contributed by atoms with Crippen molar-refractivity contribution in [2.24, 2.45) is 5.73 Å². The molecule has 98 valence electrons. The first-order valence-corrected chi connectivity index (χ1v) is 6.12. The molecule has 0 atom stereocenters. The van der Waals surface area contributed by atoms with Crippen LogP contribution in [0.4, 0.5) is 0 Å². The van der Waals surface area contributed by atoms with Gasteiger partial charge in [-0.2, -0.15) is 0 Å². The molecule has 0 saturated carbocycles. The Bertz CT molecular complexity index is 460.